The number of rotatable bonds is 8. The number of nitrogens with two attached hydrogens (primary N) is 1. The van der Waals surface area contributed by atoms with Gasteiger partial charge in [-0.05, 0) is 38.1 Å². The molecule has 0 heterocycles. The van der Waals surface area contributed by atoms with Crippen molar-refractivity contribution < 1.29 is 23.9 Å². The quantitative estimate of drug-likeness (QED) is 0.551. The molecule has 0 aliphatic carbocycles. The molecule has 0 saturated heterocycles. The van der Waals surface area contributed by atoms with E-state index >= 15 is 0 Å². The summed E-state index contributed by atoms with van der Waals surface area (Å²) in [7, 11) is 0. The molecule has 7 nitrogen and oxygen atoms in total. The number of hydrogen-bond acceptors (Lipinski definition) is 6. The van der Waals surface area contributed by atoms with Crippen LogP contribution in [0.3, 0.4) is 0 Å². The minimum Gasteiger partial charge on any atom is -0.466 e. The lowest BCUT2D eigenvalue weighted by Crippen LogP contribution is -2.38. The van der Waals surface area contributed by atoms with Gasteiger partial charge in [-0.25, -0.2) is 0 Å². The van der Waals surface area contributed by atoms with Gasteiger partial charge in [0.2, 0.25) is 0 Å². The molecule has 0 aliphatic heterocycles. The van der Waals surface area contributed by atoms with Crippen LogP contribution in [0.4, 0.5) is 5.69 Å². The Balaban J connectivity index is 2.73. The van der Waals surface area contributed by atoms with E-state index in [0.29, 0.717) is 11.3 Å². The molecule has 0 bridgehead atoms. The second-order valence-corrected chi connectivity index (χ2v) is 4.81. The smallest absolute Gasteiger partial charge is 0.307 e. The summed E-state index contributed by atoms with van der Waals surface area (Å²) in [5, 5.41) is 2.65. The maximum absolute atomic E-state index is 12.2. The summed E-state index contributed by atoms with van der Waals surface area (Å²) in [6, 6.07) is 5.63. The van der Waals surface area contributed by atoms with E-state index in [4.69, 9.17) is 15.2 Å². The Labute approximate surface area is 135 Å². The number of carbonyl (C=O) groups is 3. The van der Waals surface area contributed by atoms with Crippen molar-refractivity contribution in [1.29, 1.82) is 0 Å². The first-order chi connectivity index (χ1) is 11.0. The van der Waals surface area contributed by atoms with Crippen LogP contribution in [-0.4, -0.2) is 37.1 Å². The number of hydrogen-bond donors (Lipinski definition) is 2. The fourth-order valence-corrected chi connectivity index (χ4v) is 1.92. The first-order valence-corrected chi connectivity index (χ1v) is 7.43. The van der Waals surface area contributed by atoms with Crippen molar-refractivity contribution in [2.24, 2.45) is 0 Å². The maximum atomic E-state index is 12.2. The van der Waals surface area contributed by atoms with Gasteiger partial charge in [0.25, 0.3) is 5.91 Å². The lowest BCUT2D eigenvalue weighted by atomic mass is 10.1. The second-order valence-electron chi connectivity index (χ2n) is 4.81. The average Bonchev–Trinajstić information content (AvgIpc) is 2.48. The van der Waals surface area contributed by atoms with Crippen LogP contribution < -0.4 is 11.1 Å². The number of anilines is 1. The molecule has 0 radical (unpaired) electrons. The minimum absolute atomic E-state index is 0.104. The van der Waals surface area contributed by atoms with Crippen LogP contribution in [0.1, 0.15) is 37.0 Å². The van der Waals surface area contributed by atoms with Crippen LogP contribution in [0.2, 0.25) is 0 Å². The van der Waals surface area contributed by atoms with Crippen molar-refractivity contribution in [2.45, 2.75) is 32.7 Å². The van der Waals surface area contributed by atoms with Crippen molar-refractivity contribution in [3.63, 3.8) is 0 Å². The highest BCUT2D eigenvalue weighted by Gasteiger charge is 2.21. The molecule has 1 amide bonds. The first-order valence-electron chi connectivity index (χ1n) is 7.43. The molecule has 23 heavy (non-hydrogen) atoms. The molecule has 1 aromatic rings. The predicted molar refractivity (Wildman–Crippen MR) is 84.6 cm³/mol. The average molecular weight is 322 g/mol. The van der Waals surface area contributed by atoms with Gasteiger partial charge in [-0.1, -0.05) is 0 Å². The van der Waals surface area contributed by atoms with Gasteiger partial charge in [-0.2, -0.15) is 0 Å². The summed E-state index contributed by atoms with van der Waals surface area (Å²) < 4.78 is 9.72. The number of carbonyl (C=O) groups excluding carboxylic acids is 3. The van der Waals surface area contributed by atoms with E-state index in [1.54, 1.807) is 38.1 Å². The Morgan fingerprint density at radius 1 is 1.00 bits per heavy atom. The zero-order valence-electron chi connectivity index (χ0n) is 13.3. The SMILES string of the molecule is CCOC(=O)CC(CC(=O)OCC)NC(=O)c1ccc(N)cc1. The van der Waals surface area contributed by atoms with Gasteiger partial charge >= 0.3 is 11.9 Å². The molecule has 0 atom stereocenters. The molecule has 126 valence electrons. The number of ether oxygens (including phenoxy) is 2. The fourth-order valence-electron chi connectivity index (χ4n) is 1.92. The van der Waals surface area contributed by atoms with Crippen LogP contribution in [0.25, 0.3) is 0 Å². The largest absolute Gasteiger partial charge is 0.466 e. The number of amides is 1. The van der Waals surface area contributed by atoms with E-state index in [0.717, 1.165) is 0 Å². The van der Waals surface area contributed by atoms with Gasteiger partial charge in [0, 0.05) is 11.3 Å². The highest BCUT2D eigenvalue weighted by molar-refractivity contribution is 5.95. The minimum atomic E-state index is -0.696. The third-order valence-corrected chi connectivity index (χ3v) is 2.94. The number of nitrogen functional groups attached to an aromatic ring is 1. The van der Waals surface area contributed by atoms with Crippen LogP contribution in [-0.2, 0) is 19.1 Å². The highest BCUT2D eigenvalue weighted by atomic mass is 16.5. The summed E-state index contributed by atoms with van der Waals surface area (Å²) in [6.07, 6.45) is -0.208. The van der Waals surface area contributed by atoms with Gasteiger partial charge < -0.3 is 20.5 Å². The van der Waals surface area contributed by atoms with Gasteiger partial charge in [-0.3, -0.25) is 14.4 Å². The van der Waals surface area contributed by atoms with Gasteiger partial charge in [-0.15, -0.1) is 0 Å². The Bertz CT molecular complexity index is 522. The van der Waals surface area contributed by atoms with Gasteiger partial charge in [0.05, 0.1) is 32.1 Å². The van der Waals surface area contributed by atoms with E-state index in [1.807, 2.05) is 0 Å². The molecular weight excluding hydrogens is 300 g/mol. The molecule has 0 fully saturated rings. The standard InChI is InChI=1S/C16H22N2O5/c1-3-22-14(19)9-13(10-15(20)23-4-2)18-16(21)11-5-7-12(17)8-6-11/h5-8,13H,3-4,9-10,17H2,1-2H3,(H,18,21). The molecule has 1 rings (SSSR count). The fraction of sp³-hybridized carbons (Fsp3) is 0.438. The molecule has 0 aliphatic rings. The van der Waals surface area contributed by atoms with Crippen LogP contribution in [0.5, 0.6) is 0 Å². The van der Waals surface area contributed by atoms with Crippen molar-refractivity contribution in [2.75, 3.05) is 18.9 Å². The normalized spacial score (nSPS) is 10.2. The molecule has 1 aromatic carbocycles. The third kappa shape index (κ3) is 6.82. The number of nitrogens with one attached hydrogen (secondary N) is 1. The van der Waals surface area contributed by atoms with E-state index in [1.165, 1.54) is 0 Å². The summed E-state index contributed by atoms with van der Waals surface area (Å²) in [5.41, 5.74) is 6.50. The number of benzene rings is 1. The van der Waals surface area contributed by atoms with Crippen LogP contribution in [0, 0.1) is 0 Å². The monoisotopic (exact) mass is 322 g/mol. The highest BCUT2D eigenvalue weighted by Crippen LogP contribution is 2.08. The van der Waals surface area contributed by atoms with E-state index in [2.05, 4.69) is 5.32 Å². The van der Waals surface area contributed by atoms with Crippen molar-refractivity contribution in [3.8, 4) is 0 Å². The van der Waals surface area contributed by atoms with Crippen molar-refractivity contribution >= 4 is 23.5 Å². The molecular formula is C16H22N2O5. The zero-order valence-corrected chi connectivity index (χ0v) is 13.3. The Hall–Kier alpha value is -2.57. The lowest BCUT2D eigenvalue weighted by molar-refractivity contribution is -0.145. The Morgan fingerprint density at radius 3 is 1.91 bits per heavy atom. The molecule has 0 unspecified atom stereocenters. The molecule has 0 saturated carbocycles. The summed E-state index contributed by atoms with van der Waals surface area (Å²) in [5.74, 6) is -1.37. The maximum Gasteiger partial charge on any atom is 0.307 e. The number of esters is 2. The van der Waals surface area contributed by atoms with E-state index in [9.17, 15) is 14.4 Å². The Morgan fingerprint density at radius 2 is 1.48 bits per heavy atom. The van der Waals surface area contributed by atoms with Crippen molar-refractivity contribution in [1.82, 2.24) is 5.32 Å². The summed E-state index contributed by atoms with van der Waals surface area (Å²) in [6.45, 7) is 3.84. The summed E-state index contributed by atoms with van der Waals surface area (Å²) >= 11 is 0. The lowest BCUT2D eigenvalue weighted by Gasteiger charge is -2.17. The van der Waals surface area contributed by atoms with Crippen molar-refractivity contribution in [3.05, 3.63) is 29.8 Å². The van der Waals surface area contributed by atoms with E-state index < -0.39 is 23.9 Å². The Kier molecular flexibility index (Phi) is 7.59. The molecule has 7 heteroatoms. The van der Waals surface area contributed by atoms with Gasteiger partial charge in [0.1, 0.15) is 0 Å². The topological polar surface area (TPSA) is 108 Å². The molecule has 3 N–H and O–H groups in total. The summed E-state index contributed by atoms with van der Waals surface area (Å²) in [4.78, 5) is 35.4. The van der Waals surface area contributed by atoms with E-state index in [-0.39, 0.29) is 26.1 Å². The first kappa shape index (κ1) is 18.5. The van der Waals surface area contributed by atoms with Gasteiger partial charge in [0.15, 0.2) is 0 Å². The third-order valence-electron chi connectivity index (χ3n) is 2.94. The molecule has 0 spiro atoms. The van der Waals surface area contributed by atoms with Crippen LogP contribution in [0.15, 0.2) is 24.3 Å². The predicted octanol–water partition coefficient (Wildman–Crippen LogP) is 1.27. The zero-order chi connectivity index (χ0) is 17.2. The second kappa shape index (κ2) is 9.45. The molecule has 0 aromatic heterocycles. The van der Waals surface area contributed by atoms with Crippen LogP contribution >= 0.6 is 0 Å².